The molecular weight excluding hydrogens is 324 g/mol. The number of hydrogen-bond donors (Lipinski definition) is 3. The van der Waals surface area contributed by atoms with Gasteiger partial charge >= 0.3 is 5.97 Å². The van der Waals surface area contributed by atoms with Crippen LogP contribution in [0.2, 0.25) is 0 Å². The Balaban J connectivity index is 0.000000198. The number of cyclic esters (lactones) is 1. The molecule has 138 valence electrons. The molecule has 0 aromatic rings. The van der Waals surface area contributed by atoms with Crippen LogP contribution < -0.4 is 0 Å². The summed E-state index contributed by atoms with van der Waals surface area (Å²) in [5, 5.41) is 27.1. The zero-order valence-corrected chi connectivity index (χ0v) is 14.1. The van der Waals surface area contributed by atoms with Gasteiger partial charge in [0, 0.05) is 0 Å². The highest BCUT2D eigenvalue weighted by molar-refractivity contribution is 5.89. The fraction of sp³-hybridized carbons (Fsp3) is 0.800. The molecule has 0 aromatic carbocycles. The molecule has 3 aliphatic heterocycles. The average Bonchev–Trinajstić information content (AvgIpc) is 3.11. The highest BCUT2D eigenvalue weighted by atomic mass is 16.8. The molecule has 0 radical (unpaired) electrons. The number of aliphatic hydroxyl groups is 3. The zero-order valence-electron chi connectivity index (χ0n) is 14.1. The van der Waals surface area contributed by atoms with Gasteiger partial charge in [0.25, 0.3) is 0 Å². The minimum Gasteiger partial charge on any atom is -0.505 e. The van der Waals surface area contributed by atoms with Crippen LogP contribution in [0.1, 0.15) is 27.7 Å². The lowest BCUT2D eigenvalue weighted by Crippen LogP contribution is -2.32. The summed E-state index contributed by atoms with van der Waals surface area (Å²) in [5.41, 5.74) is 0. The highest BCUT2D eigenvalue weighted by Crippen LogP contribution is 2.31. The first-order chi connectivity index (χ1) is 11.0. The van der Waals surface area contributed by atoms with Gasteiger partial charge in [-0.05, 0) is 27.7 Å². The molecule has 0 bridgehead atoms. The van der Waals surface area contributed by atoms with Crippen molar-refractivity contribution < 1.29 is 43.8 Å². The van der Waals surface area contributed by atoms with Crippen molar-refractivity contribution in [3.05, 3.63) is 11.5 Å². The van der Waals surface area contributed by atoms with E-state index in [4.69, 9.17) is 33.9 Å². The summed E-state index contributed by atoms with van der Waals surface area (Å²) in [4.78, 5) is 10.9. The Morgan fingerprint density at radius 2 is 1.62 bits per heavy atom. The van der Waals surface area contributed by atoms with E-state index in [0.29, 0.717) is 6.61 Å². The summed E-state index contributed by atoms with van der Waals surface area (Å²) < 4.78 is 25.8. The van der Waals surface area contributed by atoms with E-state index in [1.54, 1.807) is 13.8 Å². The van der Waals surface area contributed by atoms with Crippen LogP contribution in [0.4, 0.5) is 0 Å². The summed E-state index contributed by atoms with van der Waals surface area (Å²) in [5.74, 6) is -3.45. The molecule has 2 unspecified atom stereocenters. The quantitative estimate of drug-likeness (QED) is 0.613. The Hall–Kier alpha value is -1.39. The van der Waals surface area contributed by atoms with Crippen molar-refractivity contribution in [2.24, 2.45) is 0 Å². The van der Waals surface area contributed by atoms with Gasteiger partial charge < -0.3 is 39.0 Å². The molecule has 2 fully saturated rings. The van der Waals surface area contributed by atoms with Crippen molar-refractivity contribution in [3.63, 3.8) is 0 Å². The van der Waals surface area contributed by atoms with Crippen LogP contribution in [-0.4, -0.2) is 71.0 Å². The lowest BCUT2D eigenvalue weighted by atomic mass is 10.2. The van der Waals surface area contributed by atoms with Gasteiger partial charge in [-0.25, -0.2) is 4.79 Å². The van der Waals surface area contributed by atoms with Crippen LogP contribution in [-0.2, 0) is 28.5 Å². The second-order valence-corrected chi connectivity index (χ2v) is 6.56. The third-order valence-corrected chi connectivity index (χ3v) is 3.58. The largest absolute Gasteiger partial charge is 0.505 e. The van der Waals surface area contributed by atoms with E-state index in [2.05, 4.69) is 0 Å². The molecule has 3 rings (SSSR count). The molecule has 3 N–H and O–H groups in total. The molecule has 24 heavy (non-hydrogen) atoms. The van der Waals surface area contributed by atoms with Crippen molar-refractivity contribution in [2.75, 3.05) is 19.8 Å². The van der Waals surface area contributed by atoms with Crippen LogP contribution in [0.25, 0.3) is 0 Å². The van der Waals surface area contributed by atoms with E-state index in [-0.39, 0.29) is 19.3 Å². The Bertz CT molecular complexity index is 511. The molecule has 0 aliphatic carbocycles. The Morgan fingerprint density at radius 1 is 1.04 bits per heavy atom. The zero-order chi connectivity index (χ0) is 18.1. The van der Waals surface area contributed by atoms with Crippen LogP contribution in [0, 0.1) is 0 Å². The average molecular weight is 348 g/mol. The fourth-order valence-corrected chi connectivity index (χ4v) is 2.44. The molecule has 3 aliphatic rings. The Kier molecular flexibility index (Phi) is 5.41. The van der Waals surface area contributed by atoms with Gasteiger partial charge in [0.1, 0.15) is 12.2 Å². The molecule has 0 amide bonds. The maximum absolute atomic E-state index is 10.9. The van der Waals surface area contributed by atoms with E-state index in [1.165, 1.54) is 0 Å². The van der Waals surface area contributed by atoms with Gasteiger partial charge in [0.15, 0.2) is 23.4 Å². The van der Waals surface area contributed by atoms with Gasteiger partial charge in [0.05, 0.1) is 19.8 Å². The summed E-state index contributed by atoms with van der Waals surface area (Å²) in [7, 11) is 0. The van der Waals surface area contributed by atoms with Gasteiger partial charge in [-0.15, -0.1) is 0 Å². The van der Waals surface area contributed by atoms with E-state index in [0.717, 1.165) is 0 Å². The minimum atomic E-state index is -0.973. The molecule has 2 saturated heterocycles. The predicted octanol–water partition coefficient (Wildman–Crippen LogP) is 0.521. The van der Waals surface area contributed by atoms with Crippen LogP contribution in [0.5, 0.6) is 0 Å². The van der Waals surface area contributed by atoms with Crippen LogP contribution in [0.3, 0.4) is 0 Å². The monoisotopic (exact) mass is 348 g/mol. The van der Waals surface area contributed by atoms with E-state index < -0.39 is 41.3 Å². The van der Waals surface area contributed by atoms with Gasteiger partial charge in [-0.3, -0.25) is 0 Å². The normalized spacial score (nSPS) is 34.0. The number of ether oxygens (including phenoxy) is 5. The Labute approximate surface area is 139 Å². The van der Waals surface area contributed by atoms with E-state index in [9.17, 15) is 9.90 Å². The number of carbonyl (C=O) groups excluding carboxylic acids is 1. The van der Waals surface area contributed by atoms with Crippen molar-refractivity contribution in [1.82, 2.24) is 0 Å². The molecule has 0 spiro atoms. The van der Waals surface area contributed by atoms with E-state index in [1.807, 2.05) is 13.8 Å². The van der Waals surface area contributed by atoms with Crippen molar-refractivity contribution in [3.8, 4) is 0 Å². The second kappa shape index (κ2) is 6.85. The van der Waals surface area contributed by atoms with Gasteiger partial charge in [-0.1, -0.05) is 0 Å². The third kappa shape index (κ3) is 4.37. The molecule has 9 nitrogen and oxygen atoms in total. The first kappa shape index (κ1) is 18.9. The van der Waals surface area contributed by atoms with Crippen molar-refractivity contribution in [1.29, 1.82) is 0 Å². The van der Waals surface area contributed by atoms with Crippen LogP contribution in [0.15, 0.2) is 11.5 Å². The van der Waals surface area contributed by atoms with Crippen LogP contribution >= 0.6 is 0 Å². The SMILES string of the molecule is CC1(C)OCC(C2OC(=O)C(O)=C2O)O1.CC1(C)OC[C@@H](CO)O1. The number of esters is 1. The number of carbonyl (C=O) groups is 1. The number of rotatable bonds is 2. The maximum atomic E-state index is 10.9. The lowest BCUT2D eigenvalue weighted by Gasteiger charge is -2.19. The summed E-state index contributed by atoms with van der Waals surface area (Å²) >= 11 is 0. The summed E-state index contributed by atoms with van der Waals surface area (Å²) in [6, 6.07) is 0. The third-order valence-electron chi connectivity index (χ3n) is 3.58. The molecule has 3 heterocycles. The van der Waals surface area contributed by atoms with Gasteiger partial charge in [-0.2, -0.15) is 0 Å². The fourth-order valence-electron chi connectivity index (χ4n) is 2.44. The van der Waals surface area contributed by atoms with Gasteiger partial charge in [0.2, 0.25) is 5.76 Å². The number of aliphatic hydroxyl groups excluding tert-OH is 3. The first-order valence-corrected chi connectivity index (χ1v) is 7.62. The topological polar surface area (TPSA) is 124 Å². The summed E-state index contributed by atoms with van der Waals surface area (Å²) in [6.07, 6.45) is -1.69. The van der Waals surface area contributed by atoms with Crippen molar-refractivity contribution in [2.45, 2.75) is 57.6 Å². The molecule has 3 atom stereocenters. The highest BCUT2D eigenvalue weighted by Gasteiger charge is 2.46. The summed E-state index contributed by atoms with van der Waals surface area (Å²) in [6.45, 7) is 7.84. The standard InChI is InChI=1S/C9H12O6.C6H12O3/c1-9(2)13-3-4(15-9)7-5(10)6(11)8(12)14-7;1-6(2)8-4-5(3-7)9-6/h4,7,10-11H,3H2,1-2H3;5,7H,3-4H2,1-2H3/t;5-/m.1/s1. The lowest BCUT2D eigenvalue weighted by molar-refractivity contribution is -0.163. The first-order valence-electron chi connectivity index (χ1n) is 7.62. The molecular formula is C15H24O9. The molecule has 0 saturated carbocycles. The van der Waals surface area contributed by atoms with E-state index >= 15 is 0 Å². The molecule has 9 heteroatoms. The number of hydrogen-bond acceptors (Lipinski definition) is 9. The minimum absolute atomic E-state index is 0.0451. The molecule has 0 aromatic heterocycles. The maximum Gasteiger partial charge on any atom is 0.377 e. The Morgan fingerprint density at radius 3 is 1.96 bits per heavy atom. The second-order valence-electron chi connectivity index (χ2n) is 6.56. The smallest absolute Gasteiger partial charge is 0.377 e. The van der Waals surface area contributed by atoms with Crippen molar-refractivity contribution >= 4 is 5.97 Å². The predicted molar refractivity (Wildman–Crippen MR) is 79.1 cm³/mol.